The molecule has 4 heteroatoms. The maximum Gasteiger partial charge on any atom is 0.308 e. The highest BCUT2D eigenvalue weighted by Crippen LogP contribution is 2.33. The summed E-state index contributed by atoms with van der Waals surface area (Å²) in [6.07, 6.45) is 10.6. The summed E-state index contributed by atoms with van der Waals surface area (Å²) in [6.45, 7) is 1.53. The van der Waals surface area contributed by atoms with Crippen molar-refractivity contribution < 1.29 is 14.3 Å². The van der Waals surface area contributed by atoms with E-state index < -0.39 is 0 Å². The van der Waals surface area contributed by atoms with Gasteiger partial charge < -0.3 is 9.64 Å². The fourth-order valence-corrected chi connectivity index (χ4v) is 3.66. The van der Waals surface area contributed by atoms with Crippen LogP contribution in [0.25, 0.3) is 6.08 Å². The van der Waals surface area contributed by atoms with E-state index in [9.17, 15) is 9.59 Å². The quantitative estimate of drug-likeness (QED) is 0.617. The van der Waals surface area contributed by atoms with Crippen LogP contribution in [-0.2, 0) is 14.3 Å². The number of hydrogen-bond donors (Lipinski definition) is 0. The molecule has 1 aromatic carbocycles. The summed E-state index contributed by atoms with van der Waals surface area (Å²) in [7, 11) is 0. The monoisotopic (exact) mass is 327 g/mol. The number of rotatable bonds is 3. The van der Waals surface area contributed by atoms with E-state index in [2.05, 4.69) is 0 Å². The van der Waals surface area contributed by atoms with Crippen LogP contribution in [0, 0.1) is 0 Å². The van der Waals surface area contributed by atoms with Crippen LogP contribution in [0.4, 0.5) is 0 Å². The molecule has 0 saturated heterocycles. The summed E-state index contributed by atoms with van der Waals surface area (Å²) in [5.74, 6) is -0.267. The van der Waals surface area contributed by atoms with E-state index in [-0.39, 0.29) is 30.4 Å². The van der Waals surface area contributed by atoms with Gasteiger partial charge in [-0.15, -0.1) is 0 Å². The van der Waals surface area contributed by atoms with Crippen LogP contribution in [0.1, 0.15) is 69.0 Å². The minimum atomic E-state index is -0.276. The first kappa shape index (κ1) is 16.7. The predicted molar refractivity (Wildman–Crippen MR) is 92.9 cm³/mol. The lowest BCUT2D eigenvalue weighted by Gasteiger charge is -2.32. The lowest BCUT2D eigenvalue weighted by atomic mass is 9.94. The maximum atomic E-state index is 12.5. The summed E-state index contributed by atoms with van der Waals surface area (Å²) < 4.78 is 5.72. The minimum absolute atomic E-state index is 0.0418. The Kier molecular flexibility index (Phi) is 5.34. The first-order chi connectivity index (χ1) is 11.6. The first-order valence-electron chi connectivity index (χ1n) is 8.90. The van der Waals surface area contributed by atoms with Crippen LogP contribution in [-0.4, -0.2) is 22.9 Å². The minimum Gasteiger partial charge on any atom is -0.462 e. The van der Waals surface area contributed by atoms with Crippen molar-refractivity contribution in [2.45, 2.75) is 64.0 Å². The zero-order valence-electron chi connectivity index (χ0n) is 14.2. The SMILES string of the molecule is CC(=O)N1C=Cc2ccccc2C1CC(=O)OC1CCCCCC1. The van der Waals surface area contributed by atoms with Gasteiger partial charge >= 0.3 is 5.97 Å². The van der Waals surface area contributed by atoms with Gasteiger partial charge in [-0.05, 0) is 42.9 Å². The van der Waals surface area contributed by atoms with Gasteiger partial charge in [0.25, 0.3) is 0 Å². The summed E-state index contributed by atoms with van der Waals surface area (Å²) >= 11 is 0. The molecule has 0 N–H and O–H groups in total. The van der Waals surface area contributed by atoms with Crippen LogP contribution in [0.5, 0.6) is 0 Å². The number of carbonyl (C=O) groups is 2. The van der Waals surface area contributed by atoms with E-state index in [0.717, 1.165) is 36.8 Å². The molecule has 1 aliphatic carbocycles. The summed E-state index contributed by atoms with van der Waals surface area (Å²) in [6, 6.07) is 7.63. The molecule has 1 unspecified atom stereocenters. The second-order valence-corrected chi connectivity index (χ2v) is 6.69. The molecule has 0 radical (unpaired) electrons. The molecule has 2 aliphatic rings. The van der Waals surface area contributed by atoms with Crippen LogP contribution in [0.3, 0.4) is 0 Å². The van der Waals surface area contributed by atoms with Gasteiger partial charge in [0.2, 0.25) is 5.91 Å². The topological polar surface area (TPSA) is 46.6 Å². The molecule has 4 nitrogen and oxygen atoms in total. The molecule has 24 heavy (non-hydrogen) atoms. The highest BCUT2D eigenvalue weighted by molar-refractivity contribution is 5.80. The zero-order valence-corrected chi connectivity index (χ0v) is 14.2. The summed E-state index contributed by atoms with van der Waals surface area (Å²) in [4.78, 5) is 26.1. The van der Waals surface area contributed by atoms with Crippen molar-refractivity contribution in [3.63, 3.8) is 0 Å². The third kappa shape index (κ3) is 3.86. The Morgan fingerprint density at radius 2 is 1.83 bits per heavy atom. The van der Waals surface area contributed by atoms with Crippen molar-refractivity contribution in [2.24, 2.45) is 0 Å². The molecule has 1 saturated carbocycles. The van der Waals surface area contributed by atoms with Gasteiger partial charge in [-0.25, -0.2) is 0 Å². The van der Waals surface area contributed by atoms with Gasteiger partial charge in [0.15, 0.2) is 0 Å². The smallest absolute Gasteiger partial charge is 0.308 e. The Balaban J connectivity index is 1.72. The first-order valence-corrected chi connectivity index (χ1v) is 8.90. The fraction of sp³-hybridized carbons (Fsp3) is 0.500. The van der Waals surface area contributed by atoms with Crippen molar-refractivity contribution in [1.82, 2.24) is 4.90 Å². The molecule has 1 atom stereocenters. The van der Waals surface area contributed by atoms with Crippen LogP contribution in [0.15, 0.2) is 30.5 Å². The molecule has 0 spiro atoms. The summed E-state index contributed by atoms with van der Waals surface area (Å²) in [5, 5.41) is 0. The average Bonchev–Trinajstić information content (AvgIpc) is 2.83. The number of benzene rings is 1. The zero-order chi connectivity index (χ0) is 16.9. The molecular formula is C20H25NO3. The number of carbonyl (C=O) groups excluding carboxylic acids is 2. The predicted octanol–water partition coefficient (Wildman–Crippen LogP) is 4.22. The van der Waals surface area contributed by atoms with Crippen LogP contribution in [0.2, 0.25) is 0 Å². The normalized spacial score (nSPS) is 21.0. The van der Waals surface area contributed by atoms with E-state index in [0.29, 0.717) is 0 Å². The van der Waals surface area contributed by atoms with Gasteiger partial charge in [-0.2, -0.15) is 0 Å². The highest BCUT2D eigenvalue weighted by atomic mass is 16.5. The lowest BCUT2D eigenvalue weighted by Crippen LogP contribution is -2.33. The Morgan fingerprint density at radius 1 is 1.12 bits per heavy atom. The average molecular weight is 327 g/mol. The van der Waals surface area contributed by atoms with E-state index >= 15 is 0 Å². The van der Waals surface area contributed by atoms with E-state index in [1.54, 1.807) is 11.1 Å². The van der Waals surface area contributed by atoms with Crippen LogP contribution < -0.4 is 0 Å². The number of amides is 1. The molecule has 1 aliphatic heterocycles. The van der Waals surface area contributed by atoms with Crippen molar-refractivity contribution in [2.75, 3.05) is 0 Å². The molecule has 1 fully saturated rings. The molecule has 0 bridgehead atoms. The van der Waals surface area contributed by atoms with Gasteiger partial charge in [-0.3, -0.25) is 9.59 Å². The maximum absolute atomic E-state index is 12.5. The van der Waals surface area contributed by atoms with Gasteiger partial charge in [0, 0.05) is 13.1 Å². The molecule has 0 aromatic heterocycles. The molecular weight excluding hydrogens is 302 g/mol. The van der Waals surface area contributed by atoms with E-state index in [4.69, 9.17) is 4.74 Å². The largest absolute Gasteiger partial charge is 0.462 e. The van der Waals surface area contributed by atoms with E-state index in [1.807, 2.05) is 30.3 Å². The fourth-order valence-electron chi connectivity index (χ4n) is 3.66. The van der Waals surface area contributed by atoms with Crippen molar-refractivity contribution >= 4 is 18.0 Å². The molecule has 1 amide bonds. The molecule has 128 valence electrons. The van der Waals surface area contributed by atoms with Gasteiger partial charge in [-0.1, -0.05) is 37.1 Å². The molecule has 1 heterocycles. The third-order valence-electron chi connectivity index (χ3n) is 4.93. The Bertz CT molecular complexity index is 630. The standard InChI is InChI=1S/C20H25NO3/c1-15(22)21-13-12-16-8-6-7-11-18(16)19(21)14-20(23)24-17-9-4-2-3-5-10-17/h6-8,11-13,17,19H,2-5,9-10,14H2,1H3. The van der Waals surface area contributed by atoms with Gasteiger partial charge in [0.1, 0.15) is 6.10 Å². The number of hydrogen-bond acceptors (Lipinski definition) is 3. The van der Waals surface area contributed by atoms with Gasteiger partial charge in [0.05, 0.1) is 12.5 Å². The second-order valence-electron chi connectivity index (χ2n) is 6.69. The van der Waals surface area contributed by atoms with Crippen LogP contribution >= 0.6 is 0 Å². The van der Waals surface area contributed by atoms with Crippen molar-refractivity contribution in [3.8, 4) is 0 Å². The molecule has 3 rings (SSSR count). The number of nitrogens with zero attached hydrogens (tertiary/aromatic N) is 1. The van der Waals surface area contributed by atoms with Crippen molar-refractivity contribution in [3.05, 3.63) is 41.6 Å². The molecule has 1 aromatic rings. The summed E-state index contributed by atoms with van der Waals surface area (Å²) in [5.41, 5.74) is 2.07. The van der Waals surface area contributed by atoms with Crippen molar-refractivity contribution in [1.29, 1.82) is 0 Å². The lowest BCUT2D eigenvalue weighted by molar-refractivity contribution is -0.151. The Morgan fingerprint density at radius 3 is 2.54 bits per heavy atom. The highest BCUT2D eigenvalue weighted by Gasteiger charge is 2.29. The Labute approximate surface area is 143 Å². The number of fused-ring (bicyclic) bond motifs is 1. The number of ether oxygens (including phenoxy) is 1. The second kappa shape index (κ2) is 7.65. The van der Waals surface area contributed by atoms with E-state index in [1.165, 1.54) is 19.8 Å². The third-order valence-corrected chi connectivity index (χ3v) is 4.93. The Hall–Kier alpha value is -2.10. The number of esters is 1.